The lowest BCUT2D eigenvalue weighted by atomic mass is 10.2. The Bertz CT molecular complexity index is 951. The van der Waals surface area contributed by atoms with Crippen LogP contribution in [0, 0.1) is 6.92 Å². The number of carbonyl (C=O) groups is 1. The summed E-state index contributed by atoms with van der Waals surface area (Å²) in [5.74, 6) is 0.631. The van der Waals surface area contributed by atoms with Gasteiger partial charge >= 0.3 is 0 Å². The number of rotatable bonds is 6. The van der Waals surface area contributed by atoms with Crippen molar-refractivity contribution in [2.24, 2.45) is 0 Å². The highest BCUT2D eigenvalue weighted by molar-refractivity contribution is 8.00. The van der Waals surface area contributed by atoms with Gasteiger partial charge in [-0.05, 0) is 26.0 Å². The third-order valence-corrected chi connectivity index (χ3v) is 6.53. The lowest BCUT2D eigenvalue weighted by molar-refractivity contribution is -0.130. The van der Waals surface area contributed by atoms with Crippen molar-refractivity contribution >= 4 is 34.7 Å². The normalized spacial score (nSPS) is 15.5. The van der Waals surface area contributed by atoms with Crippen molar-refractivity contribution in [1.82, 2.24) is 20.1 Å². The standard InChI is InChI=1S/C20H23N5O2S2/c1-14(29-20-23-22-18(27-20)12-16-13-28-15(2)21-16)19(26)25-10-8-24(9-11-25)17-6-4-3-5-7-17/h3-7,13-14H,8-12H2,1-2H3. The molecule has 1 amide bonds. The van der Waals surface area contributed by atoms with Crippen molar-refractivity contribution in [3.63, 3.8) is 0 Å². The number of para-hydroxylation sites is 1. The van der Waals surface area contributed by atoms with E-state index in [2.05, 4.69) is 32.2 Å². The van der Waals surface area contributed by atoms with Gasteiger partial charge in [-0.2, -0.15) is 0 Å². The molecule has 1 aliphatic rings. The van der Waals surface area contributed by atoms with Crippen LogP contribution < -0.4 is 4.90 Å². The molecule has 1 fully saturated rings. The largest absolute Gasteiger partial charge is 0.416 e. The summed E-state index contributed by atoms with van der Waals surface area (Å²) in [5, 5.41) is 11.3. The van der Waals surface area contributed by atoms with Gasteiger partial charge in [0.05, 0.1) is 22.4 Å². The van der Waals surface area contributed by atoms with E-state index in [4.69, 9.17) is 4.42 Å². The van der Waals surface area contributed by atoms with E-state index in [9.17, 15) is 4.79 Å². The third kappa shape index (κ3) is 4.97. The van der Waals surface area contributed by atoms with E-state index >= 15 is 0 Å². The molecule has 7 nitrogen and oxygen atoms in total. The topological polar surface area (TPSA) is 75.4 Å². The van der Waals surface area contributed by atoms with Gasteiger partial charge in [0.2, 0.25) is 11.8 Å². The SMILES string of the molecule is Cc1nc(Cc2nnc(SC(C)C(=O)N3CCN(c4ccccc4)CC3)o2)cs1. The van der Waals surface area contributed by atoms with Crippen LogP contribution in [0.2, 0.25) is 0 Å². The Hall–Kier alpha value is -2.39. The lowest BCUT2D eigenvalue weighted by Gasteiger charge is -2.37. The Morgan fingerprint density at radius 1 is 1.21 bits per heavy atom. The van der Waals surface area contributed by atoms with E-state index in [1.807, 2.05) is 42.3 Å². The van der Waals surface area contributed by atoms with Crippen LogP contribution in [-0.4, -0.2) is 57.4 Å². The van der Waals surface area contributed by atoms with Crippen LogP contribution in [-0.2, 0) is 11.2 Å². The van der Waals surface area contributed by atoms with Gasteiger partial charge in [0, 0.05) is 37.2 Å². The molecule has 1 atom stereocenters. The number of anilines is 1. The fourth-order valence-corrected chi connectivity index (χ4v) is 4.68. The Balaban J connectivity index is 1.29. The number of benzene rings is 1. The number of hydrogen-bond donors (Lipinski definition) is 0. The molecule has 1 aliphatic heterocycles. The molecule has 0 bridgehead atoms. The van der Waals surface area contributed by atoms with Crippen molar-refractivity contribution in [1.29, 1.82) is 0 Å². The number of amides is 1. The van der Waals surface area contributed by atoms with E-state index in [1.54, 1.807) is 11.3 Å². The van der Waals surface area contributed by atoms with E-state index in [0.29, 0.717) is 17.5 Å². The molecule has 1 saturated heterocycles. The molecule has 152 valence electrons. The molecular weight excluding hydrogens is 406 g/mol. The Kier molecular flexibility index (Phi) is 6.15. The second-order valence-electron chi connectivity index (χ2n) is 6.90. The van der Waals surface area contributed by atoms with Gasteiger partial charge in [0.25, 0.3) is 5.22 Å². The molecule has 29 heavy (non-hydrogen) atoms. The Morgan fingerprint density at radius 3 is 2.66 bits per heavy atom. The van der Waals surface area contributed by atoms with Gasteiger partial charge in [-0.25, -0.2) is 4.98 Å². The zero-order chi connectivity index (χ0) is 20.2. The second kappa shape index (κ2) is 8.96. The van der Waals surface area contributed by atoms with Crippen LogP contribution in [0.1, 0.15) is 23.5 Å². The maximum absolute atomic E-state index is 12.8. The van der Waals surface area contributed by atoms with Gasteiger partial charge in [-0.15, -0.1) is 21.5 Å². The Morgan fingerprint density at radius 2 is 1.97 bits per heavy atom. The summed E-state index contributed by atoms with van der Waals surface area (Å²) in [7, 11) is 0. The molecule has 1 unspecified atom stereocenters. The Labute approximate surface area is 178 Å². The monoisotopic (exact) mass is 429 g/mol. The van der Waals surface area contributed by atoms with Crippen LogP contribution >= 0.6 is 23.1 Å². The van der Waals surface area contributed by atoms with E-state index in [1.165, 1.54) is 17.4 Å². The van der Waals surface area contributed by atoms with Gasteiger partial charge in [-0.3, -0.25) is 4.79 Å². The summed E-state index contributed by atoms with van der Waals surface area (Å²) in [6.45, 7) is 6.98. The maximum Gasteiger partial charge on any atom is 0.277 e. The zero-order valence-electron chi connectivity index (χ0n) is 16.4. The zero-order valence-corrected chi connectivity index (χ0v) is 18.1. The molecule has 0 saturated carbocycles. The molecule has 0 N–H and O–H groups in total. The fraction of sp³-hybridized carbons (Fsp3) is 0.400. The summed E-state index contributed by atoms with van der Waals surface area (Å²) in [4.78, 5) is 21.5. The highest BCUT2D eigenvalue weighted by atomic mass is 32.2. The first-order chi connectivity index (χ1) is 14.1. The lowest BCUT2D eigenvalue weighted by Crippen LogP contribution is -2.50. The average Bonchev–Trinajstić information content (AvgIpc) is 3.37. The number of piperazine rings is 1. The predicted octanol–water partition coefficient (Wildman–Crippen LogP) is 3.25. The van der Waals surface area contributed by atoms with E-state index in [0.717, 1.165) is 36.9 Å². The second-order valence-corrected chi connectivity index (χ2v) is 9.26. The van der Waals surface area contributed by atoms with Gasteiger partial charge < -0.3 is 14.2 Å². The molecule has 1 aromatic carbocycles. The van der Waals surface area contributed by atoms with Crippen molar-refractivity contribution < 1.29 is 9.21 Å². The van der Waals surface area contributed by atoms with Gasteiger partial charge in [0.15, 0.2) is 0 Å². The number of aromatic nitrogens is 3. The number of thioether (sulfide) groups is 1. The summed E-state index contributed by atoms with van der Waals surface area (Å²) >= 11 is 2.92. The number of thiazole rings is 1. The minimum Gasteiger partial charge on any atom is -0.416 e. The number of nitrogens with zero attached hydrogens (tertiary/aromatic N) is 5. The van der Waals surface area contributed by atoms with E-state index in [-0.39, 0.29) is 11.2 Å². The highest BCUT2D eigenvalue weighted by Crippen LogP contribution is 2.25. The van der Waals surface area contributed by atoms with Crippen molar-refractivity contribution in [3.8, 4) is 0 Å². The van der Waals surface area contributed by atoms with Crippen molar-refractivity contribution in [2.75, 3.05) is 31.1 Å². The van der Waals surface area contributed by atoms with Crippen LogP contribution in [0.15, 0.2) is 45.4 Å². The first-order valence-corrected chi connectivity index (χ1v) is 11.3. The minimum absolute atomic E-state index is 0.109. The van der Waals surface area contributed by atoms with Crippen molar-refractivity contribution in [2.45, 2.75) is 30.7 Å². The molecule has 0 radical (unpaired) electrons. The van der Waals surface area contributed by atoms with Gasteiger partial charge in [0.1, 0.15) is 0 Å². The first kappa shape index (κ1) is 19.9. The highest BCUT2D eigenvalue weighted by Gasteiger charge is 2.27. The first-order valence-electron chi connectivity index (χ1n) is 9.57. The van der Waals surface area contributed by atoms with Crippen LogP contribution in [0.25, 0.3) is 0 Å². The summed E-state index contributed by atoms with van der Waals surface area (Å²) < 4.78 is 5.71. The molecule has 3 aromatic rings. The number of carbonyl (C=O) groups excluding carboxylic acids is 1. The quantitative estimate of drug-likeness (QED) is 0.557. The third-order valence-electron chi connectivity index (χ3n) is 4.79. The minimum atomic E-state index is -0.270. The van der Waals surface area contributed by atoms with Crippen LogP contribution in [0.3, 0.4) is 0 Å². The smallest absolute Gasteiger partial charge is 0.277 e. The fourth-order valence-electron chi connectivity index (χ4n) is 3.28. The molecule has 2 aromatic heterocycles. The molecule has 4 rings (SSSR count). The summed E-state index contributed by atoms with van der Waals surface area (Å²) in [6, 6.07) is 10.3. The van der Waals surface area contributed by atoms with Crippen LogP contribution in [0.4, 0.5) is 5.69 Å². The van der Waals surface area contributed by atoms with Crippen LogP contribution in [0.5, 0.6) is 0 Å². The van der Waals surface area contributed by atoms with E-state index < -0.39 is 0 Å². The maximum atomic E-state index is 12.8. The molecule has 9 heteroatoms. The molecule has 3 heterocycles. The number of aryl methyl sites for hydroxylation is 1. The summed E-state index contributed by atoms with van der Waals surface area (Å²) in [5.41, 5.74) is 2.13. The molecular formula is C20H23N5O2S2. The number of hydrogen-bond acceptors (Lipinski definition) is 8. The predicted molar refractivity (Wildman–Crippen MR) is 115 cm³/mol. The summed E-state index contributed by atoms with van der Waals surface area (Å²) in [6.07, 6.45) is 0.516. The molecule has 0 spiro atoms. The van der Waals surface area contributed by atoms with Crippen molar-refractivity contribution in [3.05, 3.63) is 52.3 Å². The molecule has 0 aliphatic carbocycles. The van der Waals surface area contributed by atoms with Gasteiger partial charge in [-0.1, -0.05) is 30.0 Å². The average molecular weight is 430 g/mol.